The van der Waals surface area contributed by atoms with Gasteiger partial charge >= 0.3 is 0 Å². The molecule has 1 unspecified atom stereocenters. The lowest BCUT2D eigenvalue weighted by Crippen LogP contribution is -2.04. The van der Waals surface area contributed by atoms with Gasteiger partial charge in [0.05, 0.1) is 6.10 Å². The minimum absolute atomic E-state index is 0.279. The number of aryl methyl sites for hydroxylation is 1. The van der Waals surface area contributed by atoms with Crippen LogP contribution < -0.4 is 0 Å². The van der Waals surface area contributed by atoms with Gasteiger partial charge in [0.15, 0.2) is 0 Å². The van der Waals surface area contributed by atoms with Crippen molar-refractivity contribution in [3.63, 3.8) is 0 Å². The fourth-order valence-electron chi connectivity index (χ4n) is 1.07. The van der Waals surface area contributed by atoms with E-state index in [1.54, 1.807) is 13.1 Å². The maximum atomic E-state index is 9.07. The molecule has 0 fully saturated rings. The second kappa shape index (κ2) is 3.49. The van der Waals surface area contributed by atoms with E-state index in [2.05, 4.69) is 4.98 Å². The molecule has 1 heterocycles. The Morgan fingerprint density at radius 2 is 2.27 bits per heavy atom. The van der Waals surface area contributed by atoms with Gasteiger partial charge in [-0.1, -0.05) is 6.07 Å². The van der Waals surface area contributed by atoms with Gasteiger partial charge in [-0.3, -0.25) is 4.98 Å². The van der Waals surface area contributed by atoms with E-state index in [4.69, 9.17) is 5.11 Å². The normalized spacial score (nSPS) is 13.0. The maximum Gasteiger partial charge on any atom is 0.0553 e. The van der Waals surface area contributed by atoms with E-state index in [-0.39, 0.29) is 6.10 Å². The molecule has 60 valence electrons. The van der Waals surface area contributed by atoms with Crippen LogP contribution in [0.3, 0.4) is 0 Å². The van der Waals surface area contributed by atoms with Gasteiger partial charge in [-0.05, 0) is 31.4 Å². The van der Waals surface area contributed by atoms with Crippen LogP contribution in [0.25, 0.3) is 0 Å². The summed E-state index contributed by atoms with van der Waals surface area (Å²) < 4.78 is 0. The number of nitrogens with zero attached hydrogens (tertiary/aromatic N) is 1. The highest BCUT2D eigenvalue weighted by atomic mass is 16.3. The fourth-order valence-corrected chi connectivity index (χ4v) is 1.07. The van der Waals surface area contributed by atoms with Crippen molar-refractivity contribution < 1.29 is 5.11 Å². The van der Waals surface area contributed by atoms with Gasteiger partial charge in [-0.15, -0.1) is 0 Å². The van der Waals surface area contributed by atoms with Crippen LogP contribution in [0.15, 0.2) is 18.5 Å². The molecule has 0 radical (unpaired) electrons. The van der Waals surface area contributed by atoms with Crippen LogP contribution in [0.1, 0.15) is 18.1 Å². The second-order valence-corrected chi connectivity index (χ2v) is 2.92. The number of hydrogen-bond acceptors (Lipinski definition) is 2. The van der Waals surface area contributed by atoms with Crippen molar-refractivity contribution in [2.75, 3.05) is 0 Å². The van der Waals surface area contributed by atoms with Crippen molar-refractivity contribution in [1.82, 2.24) is 4.98 Å². The topological polar surface area (TPSA) is 33.1 Å². The van der Waals surface area contributed by atoms with Crippen molar-refractivity contribution in [1.29, 1.82) is 0 Å². The predicted molar refractivity (Wildman–Crippen MR) is 44.4 cm³/mol. The molecule has 2 heteroatoms. The Labute approximate surface area is 66.9 Å². The SMILES string of the molecule is Cc1cncc(CC(C)O)c1. The fraction of sp³-hybridized carbons (Fsp3) is 0.444. The molecule has 1 N–H and O–H groups in total. The maximum absolute atomic E-state index is 9.07. The van der Waals surface area contributed by atoms with Gasteiger partial charge in [-0.2, -0.15) is 0 Å². The molecule has 11 heavy (non-hydrogen) atoms. The zero-order valence-electron chi connectivity index (χ0n) is 6.91. The molecule has 0 aliphatic carbocycles. The summed E-state index contributed by atoms with van der Waals surface area (Å²) in [5, 5.41) is 9.07. The lowest BCUT2D eigenvalue weighted by Gasteiger charge is -2.03. The molecule has 1 aromatic rings. The zero-order chi connectivity index (χ0) is 8.27. The van der Waals surface area contributed by atoms with Gasteiger partial charge in [0.25, 0.3) is 0 Å². The number of rotatable bonds is 2. The van der Waals surface area contributed by atoms with Crippen molar-refractivity contribution in [3.8, 4) is 0 Å². The number of aliphatic hydroxyl groups is 1. The molecular weight excluding hydrogens is 138 g/mol. The molecule has 0 aliphatic rings. The third-order valence-electron chi connectivity index (χ3n) is 1.46. The van der Waals surface area contributed by atoms with Crippen LogP contribution in [0.5, 0.6) is 0 Å². The second-order valence-electron chi connectivity index (χ2n) is 2.92. The molecular formula is C9H13NO. The van der Waals surface area contributed by atoms with Gasteiger partial charge in [0, 0.05) is 12.4 Å². The van der Waals surface area contributed by atoms with Gasteiger partial charge < -0.3 is 5.11 Å². The average molecular weight is 151 g/mol. The molecule has 0 saturated carbocycles. The van der Waals surface area contributed by atoms with Crippen LogP contribution in [-0.2, 0) is 6.42 Å². The van der Waals surface area contributed by atoms with Gasteiger partial charge in [0.1, 0.15) is 0 Å². The highest BCUT2D eigenvalue weighted by Gasteiger charge is 1.98. The van der Waals surface area contributed by atoms with Gasteiger partial charge in [0.2, 0.25) is 0 Å². The summed E-state index contributed by atoms with van der Waals surface area (Å²) in [6.45, 7) is 3.78. The van der Waals surface area contributed by atoms with Gasteiger partial charge in [-0.25, -0.2) is 0 Å². The molecule has 0 amide bonds. The number of aromatic nitrogens is 1. The Morgan fingerprint density at radius 1 is 1.55 bits per heavy atom. The van der Waals surface area contributed by atoms with Crippen LogP contribution in [0.2, 0.25) is 0 Å². The molecule has 0 aliphatic heterocycles. The standard InChI is InChI=1S/C9H13NO/c1-7-3-9(4-8(2)11)6-10-5-7/h3,5-6,8,11H,4H2,1-2H3. The molecule has 1 atom stereocenters. The van der Waals surface area contributed by atoms with Crippen LogP contribution in [0, 0.1) is 6.92 Å². The predicted octanol–water partition coefficient (Wildman–Crippen LogP) is 1.31. The number of pyridine rings is 1. The van der Waals surface area contributed by atoms with E-state index in [0.717, 1.165) is 11.1 Å². The Bertz CT molecular complexity index is 233. The summed E-state index contributed by atoms with van der Waals surface area (Å²) in [4.78, 5) is 4.03. The Kier molecular flexibility index (Phi) is 2.60. The minimum Gasteiger partial charge on any atom is -0.393 e. The molecule has 1 aromatic heterocycles. The van der Waals surface area contributed by atoms with Crippen molar-refractivity contribution in [2.45, 2.75) is 26.4 Å². The zero-order valence-corrected chi connectivity index (χ0v) is 6.91. The average Bonchev–Trinajstić information content (AvgIpc) is 1.85. The number of aliphatic hydroxyl groups excluding tert-OH is 1. The summed E-state index contributed by atoms with van der Waals surface area (Å²) in [5.41, 5.74) is 2.24. The van der Waals surface area contributed by atoms with Crippen molar-refractivity contribution in [2.24, 2.45) is 0 Å². The van der Waals surface area contributed by atoms with E-state index < -0.39 is 0 Å². The van der Waals surface area contributed by atoms with E-state index in [1.807, 2.05) is 19.2 Å². The monoisotopic (exact) mass is 151 g/mol. The highest BCUT2D eigenvalue weighted by molar-refractivity contribution is 5.16. The first-order valence-corrected chi connectivity index (χ1v) is 3.77. The summed E-state index contributed by atoms with van der Waals surface area (Å²) >= 11 is 0. The lowest BCUT2D eigenvalue weighted by molar-refractivity contribution is 0.195. The van der Waals surface area contributed by atoms with E-state index >= 15 is 0 Å². The summed E-state index contributed by atoms with van der Waals surface area (Å²) in [6, 6.07) is 2.04. The van der Waals surface area contributed by atoms with Crippen LogP contribution >= 0.6 is 0 Å². The third kappa shape index (κ3) is 2.68. The summed E-state index contributed by atoms with van der Waals surface area (Å²) in [6.07, 6.45) is 4.01. The van der Waals surface area contributed by atoms with E-state index in [0.29, 0.717) is 6.42 Å². The van der Waals surface area contributed by atoms with Crippen molar-refractivity contribution in [3.05, 3.63) is 29.6 Å². The van der Waals surface area contributed by atoms with E-state index in [9.17, 15) is 0 Å². The first-order valence-electron chi connectivity index (χ1n) is 3.77. The summed E-state index contributed by atoms with van der Waals surface area (Å²) in [7, 11) is 0. The quantitative estimate of drug-likeness (QED) is 0.691. The third-order valence-corrected chi connectivity index (χ3v) is 1.46. The summed E-state index contributed by atoms with van der Waals surface area (Å²) in [5.74, 6) is 0. The van der Waals surface area contributed by atoms with Crippen LogP contribution in [-0.4, -0.2) is 16.2 Å². The number of hydrogen-bond donors (Lipinski definition) is 1. The molecule has 0 bridgehead atoms. The highest BCUT2D eigenvalue weighted by Crippen LogP contribution is 2.03. The molecule has 1 rings (SSSR count). The molecule has 0 aromatic carbocycles. The first kappa shape index (κ1) is 8.21. The minimum atomic E-state index is -0.279. The lowest BCUT2D eigenvalue weighted by atomic mass is 10.1. The first-order chi connectivity index (χ1) is 5.18. The smallest absolute Gasteiger partial charge is 0.0553 e. The van der Waals surface area contributed by atoms with Crippen LogP contribution in [0.4, 0.5) is 0 Å². The largest absolute Gasteiger partial charge is 0.393 e. The van der Waals surface area contributed by atoms with E-state index in [1.165, 1.54) is 0 Å². The molecule has 2 nitrogen and oxygen atoms in total. The molecule has 0 saturated heterocycles. The Balaban J connectivity index is 2.71. The Hall–Kier alpha value is -0.890. The molecule has 0 spiro atoms. The Morgan fingerprint density at radius 3 is 2.82 bits per heavy atom. The van der Waals surface area contributed by atoms with Crippen molar-refractivity contribution >= 4 is 0 Å².